The first-order valence-electron chi connectivity index (χ1n) is 6.09. The maximum Gasteiger partial charge on any atom is 0.243 e. The van der Waals surface area contributed by atoms with Gasteiger partial charge in [0.05, 0.1) is 6.07 Å². The van der Waals surface area contributed by atoms with Crippen molar-refractivity contribution >= 4 is 5.91 Å². The minimum atomic E-state index is -0.913. The molecular formula is C12H20N2O3. The number of hydrogen-bond donors (Lipinski definition) is 1. The molecule has 0 spiro atoms. The molecule has 96 valence electrons. The zero-order chi connectivity index (χ0) is 12.7. The first-order valence-corrected chi connectivity index (χ1v) is 6.09. The molecule has 0 radical (unpaired) electrons. The van der Waals surface area contributed by atoms with Gasteiger partial charge in [0.1, 0.15) is 5.41 Å². The summed E-state index contributed by atoms with van der Waals surface area (Å²) >= 11 is 0. The Balaban J connectivity index is 2.73. The van der Waals surface area contributed by atoms with E-state index < -0.39 is 5.41 Å². The van der Waals surface area contributed by atoms with Gasteiger partial charge in [0, 0.05) is 32.9 Å². The van der Waals surface area contributed by atoms with E-state index in [0.717, 1.165) is 0 Å². The van der Waals surface area contributed by atoms with Crippen LogP contribution in [0.15, 0.2) is 0 Å². The summed E-state index contributed by atoms with van der Waals surface area (Å²) in [5, 5.41) is 18.1. The summed E-state index contributed by atoms with van der Waals surface area (Å²) in [6.45, 7) is 3.97. The molecule has 0 aromatic heterocycles. The van der Waals surface area contributed by atoms with Crippen molar-refractivity contribution in [1.29, 1.82) is 5.26 Å². The number of aliphatic hydroxyl groups is 1. The van der Waals surface area contributed by atoms with E-state index in [9.17, 15) is 10.1 Å². The molecule has 17 heavy (non-hydrogen) atoms. The predicted octanol–water partition coefficient (Wildman–Crippen LogP) is 0.538. The number of nitriles is 1. The summed E-state index contributed by atoms with van der Waals surface area (Å²) in [4.78, 5) is 14.0. The molecule has 0 atom stereocenters. The number of hydrogen-bond acceptors (Lipinski definition) is 4. The van der Waals surface area contributed by atoms with Gasteiger partial charge in [0.2, 0.25) is 5.91 Å². The maximum absolute atomic E-state index is 12.4. The van der Waals surface area contributed by atoms with Crippen LogP contribution in [0, 0.1) is 16.7 Å². The first-order chi connectivity index (χ1) is 8.20. The molecule has 1 amide bonds. The van der Waals surface area contributed by atoms with Crippen LogP contribution >= 0.6 is 0 Å². The molecular weight excluding hydrogens is 220 g/mol. The normalized spacial score (nSPS) is 18.4. The van der Waals surface area contributed by atoms with Crippen molar-refractivity contribution in [2.45, 2.75) is 26.2 Å². The van der Waals surface area contributed by atoms with Crippen LogP contribution in [0.25, 0.3) is 0 Å². The van der Waals surface area contributed by atoms with Crippen molar-refractivity contribution in [3.8, 4) is 6.07 Å². The fourth-order valence-electron chi connectivity index (χ4n) is 2.06. The molecule has 1 saturated heterocycles. The van der Waals surface area contributed by atoms with Crippen molar-refractivity contribution in [2.24, 2.45) is 5.41 Å². The number of nitrogens with zero attached hydrogens (tertiary/aromatic N) is 2. The Morgan fingerprint density at radius 2 is 2.18 bits per heavy atom. The second-order valence-corrected chi connectivity index (χ2v) is 4.27. The van der Waals surface area contributed by atoms with Crippen LogP contribution in [0.1, 0.15) is 26.2 Å². The molecule has 1 heterocycles. The van der Waals surface area contributed by atoms with Crippen LogP contribution in [0.3, 0.4) is 0 Å². The van der Waals surface area contributed by atoms with Gasteiger partial charge < -0.3 is 14.7 Å². The molecule has 1 aliphatic rings. The van der Waals surface area contributed by atoms with Crippen LogP contribution in [-0.4, -0.2) is 48.8 Å². The van der Waals surface area contributed by atoms with Crippen LogP contribution in [-0.2, 0) is 9.53 Å². The van der Waals surface area contributed by atoms with Crippen LogP contribution < -0.4 is 0 Å². The summed E-state index contributed by atoms with van der Waals surface area (Å²) < 4.78 is 5.21. The highest BCUT2D eigenvalue weighted by atomic mass is 16.5. The van der Waals surface area contributed by atoms with Crippen molar-refractivity contribution in [1.82, 2.24) is 4.90 Å². The van der Waals surface area contributed by atoms with Gasteiger partial charge in [-0.3, -0.25) is 4.79 Å². The Morgan fingerprint density at radius 3 is 2.65 bits per heavy atom. The molecule has 1 fully saturated rings. The Kier molecular flexibility index (Phi) is 5.39. The van der Waals surface area contributed by atoms with E-state index in [-0.39, 0.29) is 12.5 Å². The average Bonchev–Trinajstić information content (AvgIpc) is 2.40. The molecule has 0 aromatic carbocycles. The van der Waals surface area contributed by atoms with E-state index in [2.05, 4.69) is 6.07 Å². The number of rotatable bonds is 5. The lowest BCUT2D eigenvalue weighted by Crippen LogP contribution is -2.46. The van der Waals surface area contributed by atoms with Gasteiger partial charge in [0.25, 0.3) is 0 Å². The van der Waals surface area contributed by atoms with Crippen molar-refractivity contribution in [2.75, 3.05) is 32.9 Å². The smallest absolute Gasteiger partial charge is 0.243 e. The molecule has 0 aromatic rings. The van der Waals surface area contributed by atoms with E-state index in [1.54, 1.807) is 4.90 Å². The van der Waals surface area contributed by atoms with Crippen LogP contribution in [0.2, 0.25) is 0 Å². The molecule has 0 unspecified atom stereocenters. The summed E-state index contributed by atoms with van der Waals surface area (Å²) in [7, 11) is 0. The molecule has 1 rings (SSSR count). The third-order valence-corrected chi connectivity index (χ3v) is 3.22. The lowest BCUT2D eigenvalue weighted by molar-refractivity contribution is -0.143. The third-order valence-electron chi connectivity index (χ3n) is 3.22. The van der Waals surface area contributed by atoms with Crippen molar-refractivity contribution in [3.05, 3.63) is 0 Å². The van der Waals surface area contributed by atoms with Gasteiger partial charge in [-0.15, -0.1) is 0 Å². The zero-order valence-corrected chi connectivity index (χ0v) is 10.3. The molecule has 5 heteroatoms. The van der Waals surface area contributed by atoms with Gasteiger partial charge in [-0.1, -0.05) is 0 Å². The average molecular weight is 240 g/mol. The van der Waals surface area contributed by atoms with E-state index in [0.29, 0.717) is 45.6 Å². The molecule has 0 aliphatic carbocycles. The van der Waals surface area contributed by atoms with Crippen molar-refractivity contribution < 1.29 is 14.6 Å². The standard InChI is InChI=1S/C12H20N2O3/c1-2-14(6-3-7-15)11(16)12(10-13)4-8-17-9-5-12/h15H,2-9H2,1H3. The summed E-state index contributed by atoms with van der Waals surface area (Å²) in [6.07, 6.45) is 1.49. The highest BCUT2D eigenvalue weighted by Crippen LogP contribution is 2.32. The summed E-state index contributed by atoms with van der Waals surface area (Å²) in [5.74, 6) is -0.112. The number of carbonyl (C=O) groups is 1. The lowest BCUT2D eigenvalue weighted by Gasteiger charge is -2.34. The number of aliphatic hydroxyl groups excluding tert-OH is 1. The third kappa shape index (κ3) is 3.18. The van der Waals surface area contributed by atoms with E-state index >= 15 is 0 Å². The summed E-state index contributed by atoms with van der Waals surface area (Å²) in [5.41, 5.74) is -0.913. The Bertz CT molecular complexity index is 293. The first kappa shape index (κ1) is 13.9. The lowest BCUT2D eigenvalue weighted by atomic mass is 9.80. The van der Waals surface area contributed by atoms with Crippen LogP contribution in [0.5, 0.6) is 0 Å². The van der Waals surface area contributed by atoms with Gasteiger partial charge in [-0.05, 0) is 26.2 Å². The zero-order valence-electron chi connectivity index (χ0n) is 10.3. The minimum Gasteiger partial charge on any atom is -0.396 e. The van der Waals surface area contributed by atoms with Gasteiger partial charge in [-0.25, -0.2) is 0 Å². The van der Waals surface area contributed by atoms with Gasteiger partial charge in [0.15, 0.2) is 0 Å². The molecule has 0 saturated carbocycles. The number of amides is 1. The molecule has 5 nitrogen and oxygen atoms in total. The number of carbonyl (C=O) groups excluding carboxylic acids is 1. The van der Waals surface area contributed by atoms with Gasteiger partial charge in [-0.2, -0.15) is 5.26 Å². The highest BCUT2D eigenvalue weighted by Gasteiger charge is 2.42. The van der Waals surface area contributed by atoms with E-state index in [1.807, 2.05) is 6.92 Å². The molecule has 1 aliphatic heterocycles. The monoisotopic (exact) mass is 240 g/mol. The quantitative estimate of drug-likeness (QED) is 0.761. The minimum absolute atomic E-state index is 0.0619. The largest absolute Gasteiger partial charge is 0.396 e. The van der Waals surface area contributed by atoms with Crippen molar-refractivity contribution in [3.63, 3.8) is 0 Å². The Hall–Kier alpha value is -1.12. The number of ether oxygens (including phenoxy) is 1. The summed E-state index contributed by atoms with van der Waals surface area (Å²) in [6, 6.07) is 2.17. The topological polar surface area (TPSA) is 73.6 Å². The van der Waals surface area contributed by atoms with Gasteiger partial charge >= 0.3 is 0 Å². The van der Waals surface area contributed by atoms with E-state index in [1.165, 1.54) is 0 Å². The Labute approximate surface area is 102 Å². The van der Waals surface area contributed by atoms with Crippen LogP contribution in [0.4, 0.5) is 0 Å². The van der Waals surface area contributed by atoms with E-state index in [4.69, 9.17) is 9.84 Å². The molecule has 1 N–H and O–H groups in total. The highest BCUT2D eigenvalue weighted by molar-refractivity contribution is 5.85. The fourth-order valence-corrected chi connectivity index (χ4v) is 2.06. The second kappa shape index (κ2) is 6.58. The fraction of sp³-hybridized carbons (Fsp3) is 0.833. The Morgan fingerprint density at radius 1 is 1.53 bits per heavy atom. The SMILES string of the molecule is CCN(CCCO)C(=O)C1(C#N)CCOCC1. The molecule has 0 bridgehead atoms. The second-order valence-electron chi connectivity index (χ2n) is 4.27. The predicted molar refractivity (Wildman–Crippen MR) is 62.1 cm³/mol. The maximum atomic E-state index is 12.4.